The second-order valence-corrected chi connectivity index (χ2v) is 6.25. The minimum Gasteiger partial charge on any atom is -0.483 e. The number of likely N-dealkylation sites (tertiary alicyclic amines) is 1. The van der Waals surface area contributed by atoms with Gasteiger partial charge in [0.05, 0.1) is 6.61 Å². The lowest BCUT2D eigenvalue weighted by molar-refractivity contribution is -0.122. The quantitative estimate of drug-likeness (QED) is 0.839. The Morgan fingerprint density at radius 3 is 2.81 bits per heavy atom. The molecule has 1 aromatic carbocycles. The molecule has 0 spiro atoms. The fourth-order valence-electron chi connectivity index (χ4n) is 3.26. The zero-order valence-electron chi connectivity index (χ0n) is 14.9. The van der Waals surface area contributed by atoms with Gasteiger partial charge in [-0.15, -0.1) is 5.10 Å². The van der Waals surface area contributed by atoms with Crippen molar-refractivity contribution in [2.75, 3.05) is 26.3 Å². The van der Waals surface area contributed by atoms with Crippen LogP contribution in [0.15, 0.2) is 24.3 Å². The van der Waals surface area contributed by atoms with E-state index in [0.717, 1.165) is 5.56 Å². The smallest absolute Gasteiger partial charge is 0.317 e. The van der Waals surface area contributed by atoms with Crippen LogP contribution in [-0.4, -0.2) is 57.5 Å². The number of carboxylic acid groups (broad SMARTS) is 1. The van der Waals surface area contributed by atoms with Crippen molar-refractivity contribution in [2.45, 2.75) is 32.5 Å². The van der Waals surface area contributed by atoms with Crippen LogP contribution < -0.4 is 4.74 Å². The Hall–Kier alpha value is -2.45. The number of aromatic nitrogens is 3. The molecule has 8 nitrogen and oxygen atoms in total. The van der Waals surface area contributed by atoms with Crippen LogP contribution in [0.25, 0.3) is 11.4 Å². The first-order valence-electron chi connectivity index (χ1n) is 8.80. The largest absolute Gasteiger partial charge is 0.483 e. The monoisotopic (exact) mass is 360 g/mol. The van der Waals surface area contributed by atoms with E-state index < -0.39 is 0 Å². The second-order valence-electron chi connectivity index (χ2n) is 6.25. The zero-order valence-corrected chi connectivity index (χ0v) is 14.9. The van der Waals surface area contributed by atoms with Crippen LogP contribution in [0.2, 0.25) is 0 Å². The standard InChI is InChI=1S/C17H22N4O2.CH2O2/c1-13(20-7-2-3-8-20)14-5-4-6-15(11-14)16-18-17-21(19-16)12-22-9-10-23-17;2-1-3/h4-6,11,13H,2-3,7-10,12H2,1H3;1H,(H,2,3). The van der Waals surface area contributed by atoms with Crippen molar-refractivity contribution in [3.63, 3.8) is 0 Å². The van der Waals surface area contributed by atoms with Gasteiger partial charge in [-0.3, -0.25) is 9.69 Å². The molecule has 2 aliphatic rings. The number of hydrogen-bond donors (Lipinski definition) is 1. The van der Waals surface area contributed by atoms with E-state index in [1.807, 2.05) is 0 Å². The van der Waals surface area contributed by atoms with Gasteiger partial charge in [-0.25, -0.2) is 0 Å². The van der Waals surface area contributed by atoms with Gasteiger partial charge >= 0.3 is 6.01 Å². The third-order valence-corrected chi connectivity index (χ3v) is 4.63. The maximum absolute atomic E-state index is 8.36. The maximum Gasteiger partial charge on any atom is 0.317 e. The Balaban J connectivity index is 0.000000613. The molecule has 1 unspecified atom stereocenters. The van der Waals surface area contributed by atoms with Crippen LogP contribution in [0.3, 0.4) is 0 Å². The fourth-order valence-corrected chi connectivity index (χ4v) is 3.26. The molecule has 2 aromatic rings. The van der Waals surface area contributed by atoms with Gasteiger partial charge in [-0.1, -0.05) is 18.2 Å². The fraction of sp³-hybridized carbons (Fsp3) is 0.500. The van der Waals surface area contributed by atoms with E-state index in [0.29, 0.717) is 37.8 Å². The molecule has 2 aliphatic heterocycles. The van der Waals surface area contributed by atoms with Crippen LogP contribution in [0.5, 0.6) is 6.01 Å². The summed E-state index contributed by atoms with van der Waals surface area (Å²) in [6, 6.07) is 9.48. The first kappa shape index (κ1) is 18.3. The van der Waals surface area contributed by atoms with Crippen LogP contribution in [0.4, 0.5) is 0 Å². The minimum absolute atomic E-state index is 0.250. The van der Waals surface area contributed by atoms with Crippen LogP contribution in [0, 0.1) is 0 Å². The van der Waals surface area contributed by atoms with E-state index in [1.165, 1.54) is 31.5 Å². The summed E-state index contributed by atoms with van der Waals surface area (Å²) in [5.74, 6) is 0.695. The van der Waals surface area contributed by atoms with E-state index in [1.54, 1.807) is 4.68 Å². The molecule has 4 rings (SSSR count). The van der Waals surface area contributed by atoms with Crippen LogP contribution >= 0.6 is 0 Å². The van der Waals surface area contributed by atoms with E-state index in [9.17, 15) is 0 Å². The Bertz CT molecular complexity index is 704. The van der Waals surface area contributed by atoms with Gasteiger partial charge in [-0.05, 0) is 44.5 Å². The summed E-state index contributed by atoms with van der Waals surface area (Å²) >= 11 is 0. The number of benzene rings is 1. The highest BCUT2D eigenvalue weighted by atomic mass is 16.6. The van der Waals surface area contributed by atoms with Crippen LogP contribution in [-0.2, 0) is 16.3 Å². The Kier molecular flexibility index (Phi) is 6.19. The molecular formula is C18H24N4O4. The molecule has 140 valence electrons. The topological polar surface area (TPSA) is 89.7 Å². The first-order valence-corrected chi connectivity index (χ1v) is 8.80. The Morgan fingerprint density at radius 2 is 2.04 bits per heavy atom. The molecule has 1 fully saturated rings. The number of ether oxygens (including phenoxy) is 2. The van der Waals surface area contributed by atoms with Gasteiger partial charge in [0.15, 0.2) is 5.82 Å². The Morgan fingerprint density at radius 1 is 1.27 bits per heavy atom. The third kappa shape index (κ3) is 4.20. The molecule has 0 saturated carbocycles. The van der Waals surface area contributed by atoms with Gasteiger partial charge in [0.25, 0.3) is 6.47 Å². The molecule has 1 aromatic heterocycles. The van der Waals surface area contributed by atoms with Crippen molar-refractivity contribution in [2.24, 2.45) is 0 Å². The van der Waals surface area contributed by atoms with Gasteiger partial charge in [-0.2, -0.15) is 9.67 Å². The summed E-state index contributed by atoms with van der Waals surface area (Å²) < 4.78 is 12.7. The molecule has 0 radical (unpaired) electrons. The summed E-state index contributed by atoms with van der Waals surface area (Å²) in [6.07, 6.45) is 2.60. The van der Waals surface area contributed by atoms with E-state index in [2.05, 4.69) is 46.2 Å². The number of carbonyl (C=O) groups is 1. The highest BCUT2D eigenvalue weighted by Crippen LogP contribution is 2.28. The summed E-state index contributed by atoms with van der Waals surface area (Å²) in [5.41, 5.74) is 2.34. The molecule has 1 atom stereocenters. The normalized spacial score (nSPS) is 18.0. The zero-order chi connectivity index (χ0) is 18.4. The van der Waals surface area contributed by atoms with Gasteiger partial charge < -0.3 is 14.6 Å². The molecule has 8 heteroatoms. The SMILES string of the molecule is CC(c1cccc(-c2nc3n(n2)COCCO3)c1)N1CCCC1.O=CO. The van der Waals surface area contributed by atoms with Crippen molar-refractivity contribution in [3.05, 3.63) is 29.8 Å². The lowest BCUT2D eigenvalue weighted by Crippen LogP contribution is -2.23. The predicted molar refractivity (Wildman–Crippen MR) is 94.8 cm³/mol. The van der Waals surface area contributed by atoms with Gasteiger partial charge in [0.2, 0.25) is 0 Å². The molecule has 0 aliphatic carbocycles. The van der Waals surface area contributed by atoms with Crippen LogP contribution in [0.1, 0.15) is 31.4 Å². The lowest BCUT2D eigenvalue weighted by atomic mass is 10.0. The molecule has 26 heavy (non-hydrogen) atoms. The van der Waals surface area contributed by atoms with E-state index in [-0.39, 0.29) is 6.47 Å². The average Bonchev–Trinajstić information content (AvgIpc) is 3.28. The predicted octanol–water partition coefficient (Wildman–Crippen LogP) is 2.17. The van der Waals surface area contributed by atoms with Crippen molar-refractivity contribution in [1.29, 1.82) is 0 Å². The molecular weight excluding hydrogens is 336 g/mol. The molecule has 0 amide bonds. The minimum atomic E-state index is -0.250. The number of nitrogens with zero attached hydrogens (tertiary/aromatic N) is 4. The first-order chi connectivity index (χ1) is 12.7. The van der Waals surface area contributed by atoms with Crippen molar-refractivity contribution < 1.29 is 19.4 Å². The summed E-state index contributed by atoms with van der Waals surface area (Å²) in [4.78, 5) is 15.4. The van der Waals surface area contributed by atoms with Gasteiger partial charge in [0.1, 0.15) is 13.3 Å². The van der Waals surface area contributed by atoms with Crippen molar-refractivity contribution >= 4 is 6.47 Å². The lowest BCUT2D eigenvalue weighted by Gasteiger charge is -2.24. The summed E-state index contributed by atoms with van der Waals surface area (Å²) in [5, 5.41) is 11.4. The average molecular weight is 360 g/mol. The third-order valence-electron chi connectivity index (χ3n) is 4.63. The Labute approximate surface area is 152 Å². The molecule has 0 bridgehead atoms. The summed E-state index contributed by atoms with van der Waals surface area (Å²) in [6.45, 7) is 5.89. The van der Waals surface area contributed by atoms with Crippen molar-refractivity contribution in [1.82, 2.24) is 19.7 Å². The van der Waals surface area contributed by atoms with E-state index >= 15 is 0 Å². The molecule has 1 saturated heterocycles. The van der Waals surface area contributed by atoms with Gasteiger partial charge in [0, 0.05) is 11.6 Å². The second kappa shape index (κ2) is 8.77. The number of rotatable bonds is 3. The van der Waals surface area contributed by atoms with Crippen molar-refractivity contribution in [3.8, 4) is 17.4 Å². The maximum atomic E-state index is 8.36. The number of hydrogen-bond acceptors (Lipinski definition) is 6. The molecule has 3 heterocycles. The number of fused-ring (bicyclic) bond motifs is 1. The summed E-state index contributed by atoms with van der Waals surface area (Å²) in [7, 11) is 0. The highest BCUT2D eigenvalue weighted by molar-refractivity contribution is 5.56. The highest BCUT2D eigenvalue weighted by Gasteiger charge is 2.21. The molecule has 1 N–H and O–H groups in total. The van der Waals surface area contributed by atoms with E-state index in [4.69, 9.17) is 19.4 Å².